The molecule has 1 saturated heterocycles. The van der Waals surface area contributed by atoms with Gasteiger partial charge in [0.25, 0.3) is 5.91 Å². The molecule has 4 amide bonds. The number of urea groups is 1. The summed E-state index contributed by atoms with van der Waals surface area (Å²) in [5, 5.41) is 6.62. The number of carbonyl (C=O) groups is 3. The first-order valence-corrected chi connectivity index (χ1v) is 10.0. The van der Waals surface area contributed by atoms with Gasteiger partial charge in [0.2, 0.25) is 5.91 Å². The van der Waals surface area contributed by atoms with Crippen LogP contribution in [0.2, 0.25) is 0 Å². The number of nitrogens with one attached hydrogen (secondary N) is 1. The largest absolute Gasteiger partial charge is 0.356 e. The molecule has 9 heteroatoms. The van der Waals surface area contributed by atoms with Gasteiger partial charge >= 0.3 is 6.03 Å². The van der Waals surface area contributed by atoms with Crippen LogP contribution in [-0.4, -0.2) is 46.4 Å². The van der Waals surface area contributed by atoms with Crippen molar-refractivity contribution in [3.63, 3.8) is 0 Å². The molecule has 0 spiro atoms. The Bertz CT molecular complexity index is 1140. The first-order chi connectivity index (χ1) is 15.4. The van der Waals surface area contributed by atoms with Crippen LogP contribution in [0.5, 0.6) is 0 Å². The van der Waals surface area contributed by atoms with E-state index < -0.39 is 0 Å². The number of amides is 4. The van der Waals surface area contributed by atoms with Crippen molar-refractivity contribution in [2.75, 3.05) is 18.9 Å². The Morgan fingerprint density at radius 3 is 2.50 bits per heavy atom. The summed E-state index contributed by atoms with van der Waals surface area (Å²) in [5.74, 6) is -0.246. The second-order valence-corrected chi connectivity index (χ2v) is 7.55. The molecule has 1 aromatic heterocycles. The average molecular weight is 436 g/mol. The molecule has 32 heavy (non-hydrogen) atoms. The van der Waals surface area contributed by atoms with Crippen molar-refractivity contribution in [2.45, 2.75) is 19.4 Å². The van der Waals surface area contributed by atoms with E-state index in [4.69, 9.17) is 4.52 Å². The van der Waals surface area contributed by atoms with Gasteiger partial charge in [-0.05, 0) is 48.4 Å². The van der Waals surface area contributed by atoms with Gasteiger partial charge in [-0.1, -0.05) is 17.3 Å². The number of hydrogen-bond donors (Lipinski definition) is 1. The molecule has 0 bridgehead atoms. The van der Waals surface area contributed by atoms with Gasteiger partial charge in [-0.15, -0.1) is 0 Å². The van der Waals surface area contributed by atoms with E-state index in [-0.39, 0.29) is 43.2 Å². The predicted octanol–water partition coefficient (Wildman–Crippen LogP) is 3.45. The monoisotopic (exact) mass is 436 g/mol. The third-order valence-corrected chi connectivity index (χ3v) is 5.18. The number of anilines is 1. The van der Waals surface area contributed by atoms with Crippen LogP contribution >= 0.6 is 0 Å². The minimum Gasteiger partial charge on any atom is -0.356 e. The number of rotatable bonds is 7. The molecule has 0 unspecified atom stereocenters. The van der Waals surface area contributed by atoms with Crippen LogP contribution in [0.15, 0.2) is 59.3 Å². The molecule has 4 rings (SSSR count). The highest BCUT2D eigenvalue weighted by Gasteiger charge is 2.33. The van der Waals surface area contributed by atoms with Crippen molar-refractivity contribution < 1.29 is 23.3 Å². The van der Waals surface area contributed by atoms with Crippen molar-refractivity contribution in [2.24, 2.45) is 0 Å². The number of nitrogens with zero attached hydrogens (tertiary/aromatic N) is 3. The van der Waals surface area contributed by atoms with E-state index in [1.807, 2.05) is 0 Å². The van der Waals surface area contributed by atoms with Crippen molar-refractivity contribution in [3.05, 3.63) is 71.7 Å². The highest BCUT2D eigenvalue weighted by molar-refractivity contribution is 6.01. The molecule has 0 radical (unpaired) electrons. The summed E-state index contributed by atoms with van der Waals surface area (Å²) in [4.78, 5) is 38.8. The summed E-state index contributed by atoms with van der Waals surface area (Å²) < 4.78 is 18.4. The number of aryl methyl sites for hydroxylation is 1. The molecule has 1 fully saturated rings. The predicted molar refractivity (Wildman–Crippen MR) is 114 cm³/mol. The van der Waals surface area contributed by atoms with Gasteiger partial charge < -0.3 is 14.7 Å². The number of halogens is 1. The topological polar surface area (TPSA) is 95.8 Å². The lowest BCUT2D eigenvalue weighted by Gasteiger charge is -2.14. The fourth-order valence-corrected chi connectivity index (χ4v) is 3.45. The van der Waals surface area contributed by atoms with Crippen molar-refractivity contribution in [3.8, 4) is 11.3 Å². The first-order valence-electron chi connectivity index (χ1n) is 10.0. The Kier molecular flexibility index (Phi) is 5.98. The van der Waals surface area contributed by atoms with Crippen LogP contribution in [0.3, 0.4) is 0 Å². The molecule has 2 heterocycles. The van der Waals surface area contributed by atoms with E-state index in [2.05, 4.69) is 10.5 Å². The SMILES string of the molecule is CN1CC(=O)N(Cc2ccc(NC(=O)CCc3cnoc3-c3ccc(F)cc3)cc2)C1=O. The quantitative estimate of drug-likeness (QED) is 0.573. The highest BCUT2D eigenvalue weighted by atomic mass is 19.1. The van der Waals surface area contributed by atoms with Gasteiger partial charge in [-0.3, -0.25) is 14.5 Å². The number of benzene rings is 2. The van der Waals surface area contributed by atoms with E-state index >= 15 is 0 Å². The third-order valence-electron chi connectivity index (χ3n) is 5.18. The molecule has 0 aliphatic carbocycles. The lowest BCUT2D eigenvalue weighted by atomic mass is 10.1. The lowest BCUT2D eigenvalue weighted by Crippen LogP contribution is -2.31. The average Bonchev–Trinajstić information content (AvgIpc) is 3.34. The standard InChI is InChI=1S/C23H21FN4O4/c1-27-14-21(30)28(23(27)31)13-15-2-9-19(10-3-15)26-20(29)11-6-17-12-25-32-22(17)16-4-7-18(24)8-5-16/h2-5,7-10,12H,6,11,13-14H2,1H3,(H,26,29). The normalized spacial score (nSPS) is 13.7. The zero-order chi connectivity index (χ0) is 22.7. The van der Waals surface area contributed by atoms with Crippen LogP contribution in [0.4, 0.5) is 14.9 Å². The molecule has 2 aromatic carbocycles. The first kappa shape index (κ1) is 21.2. The van der Waals surface area contributed by atoms with Gasteiger partial charge in [-0.25, -0.2) is 9.18 Å². The molecule has 0 saturated carbocycles. The van der Waals surface area contributed by atoms with Crippen LogP contribution in [-0.2, 0) is 22.6 Å². The van der Waals surface area contributed by atoms with Crippen LogP contribution in [0.25, 0.3) is 11.3 Å². The van der Waals surface area contributed by atoms with E-state index in [0.29, 0.717) is 23.4 Å². The zero-order valence-corrected chi connectivity index (χ0v) is 17.4. The summed E-state index contributed by atoms with van der Waals surface area (Å²) in [5.41, 5.74) is 2.84. The molecular weight excluding hydrogens is 415 g/mol. The Labute approximate surface area is 183 Å². The second-order valence-electron chi connectivity index (χ2n) is 7.55. The summed E-state index contributed by atoms with van der Waals surface area (Å²) >= 11 is 0. The van der Waals surface area contributed by atoms with E-state index in [0.717, 1.165) is 11.1 Å². The third kappa shape index (κ3) is 4.66. The molecule has 1 aliphatic rings. The Morgan fingerprint density at radius 1 is 1.12 bits per heavy atom. The van der Waals surface area contributed by atoms with Crippen LogP contribution < -0.4 is 5.32 Å². The van der Waals surface area contributed by atoms with Gasteiger partial charge in [0.1, 0.15) is 12.4 Å². The van der Waals surface area contributed by atoms with Gasteiger partial charge in [-0.2, -0.15) is 0 Å². The van der Waals surface area contributed by atoms with E-state index in [1.165, 1.54) is 21.9 Å². The van der Waals surface area contributed by atoms with Crippen molar-refractivity contribution >= 4 is 23.5 Å². The van der Waals surface area contributed by atoms with Crippen LogP contribution in [0.1, 0.15) is 17.5 Å². The number of hydrogen-bond acceptors (Lipinski definition) is 5. The highest BCUT2D eigenvalue weighted by Crippen LogP contribution is 2.25. The van der Waals surface area contributed by atoms with Gasteiger partial charge in [0, 0.05) is 30.3 Å². The summed E-state index contributed by atoms with van der Waals surface area (Å²) in [7, 11) is 1.58. The second kappa shape index (κ2) is 9.01. The Hall–Kier alpha value is -4.01. The Morgan fingerprint density at radius 2 is 1.84 bits per heavy atom. The smallest absolute Gasteiger partial charge is 0.327 e. The van der Waals surface area contributed by atoms with Crippen molar-refractivity contribution in [1.82, 2.24) is 15.0 Å². The molecule has 164 valence electrons. The number of likely N-dealkylation sites (N-methyl/N-ethyl adjacent to an activating group) is 1. The summed E-state index contributed by atoms with van der Waals surface area (Å²) in [6, 6.07) is 12.5. The number of aromatic nitrogens is 1. The lowest BCUT2D eigenvalue weighted by molar-refractivity contribution is -0.125. The number of carbonyl (C=O) groups excluding carboxylic acids is 3. The van der Waals surface area contributed by atoms with E-state index in [1.54, 1.807) is 49.6 Å². The molecule has 3 aromatic rings. The zero-order valence-electron chi connectivity index (χ0n) is 17.4. The van der Waals surface area contributed by atoms with E-state index in [9.17, 15) is 18.8 Å². The summed E-state index contributed by atoms with van der Waals surface area (Å²) in [6.07, 6.45) is 2.17. The maximum Gasteiger partial charge on any atom is 0.327 e. The van der Waals surface area contributed by atoms with Crippen LogP contribution in [0, 0.1) is 5.82 Å². The molecular formula is C23H21FN4O4. The molecule has 1 aliphatic heterocycles. The molecule has 0 atom stereocenters. The molecule has 1 N–H and O–H groups in total. The summed E-state index contributed by atoms with van der Waals surface area (Å²) in [6.45, 7) is 0.276. The minimum atomic E-state index is -0.342. The maximum atomic E-state index is 13.1. The fraction of sp³-hybridized carbons (Fsp3) is 0.217. The Balaban J connectivity index is 1.31. The van der Waals surface area contributed by atoms with Gasteiger partial charge in [0.05, 0.1) is 12.7 Å². The molecule has 8 nitrogen and oxygen atoms in total. The fourth-order valence-electron chi connectivity index (χ4n) is 3.45. The maximum absolute atomic E-state index is 13.1. The van der Waals surface area contributed by atoms with Crippen molar-refractivity contribution in [1.29, 1.82) is 0 Å². The minimum absolute atomic E-state index is 0.0853. The van der Waals surface area contributed by atoms with Gasteiger partial charge in [0.15, 0.2) is 5.76 Å². The number of imide groups is 1.